The predicted molar refractivity (Wildman–Crippen MR) is 130 cm³/mol. The molecule has 0 unspecified atom stereocenters. The average molecular weight is 467 g/mol. The Labute approximate surface area is 201 Å². The molecule has 0 spiro atoms. The molecule has 1 saturated heterocycles. The molecule has 0 aromatic heterocycles. The van der Waals surface area contributed by atoms with E-state index in [-0.39, 0.29) is 11.8 Å². The Hall–Kier alpha value is -3.22. The Morgan fingerprint density at radius 1 is 0.735 bits per heavy atom. The fraction of sp³-hybridized carbons (Fsp3) is 0.481. The molecule has 1 aliphatic heterocycles. The van der Waals surface area contributed by atoms with Gasteiger partial charge in [-0.15, -0.1) is 0 Å². The smallest absolute Gasteiger partial charge is 0.254 e. The highest BCUT2D eigenvalue weighted by Crippen LogP contribution is 2.42. The summed E-state index contributed by atoms with van der Waals surface area (Å²) in [6.45, 7) is 2.10. The van der Waals surface area contributed by atoms with Crippen LogP contribution in [0.4, 0.5) is 0 Å². The molecule has 2 aromatic rings. The number of hydrogen-bond donors (Lipinski definition) is 0. The first-order valence-electron chi connectivity index (χ1n) is 12.0. The van der Waals surface area contributed by atoms with Crippen LogP contribution in [0.5, 0.6) is 17.2 Å². The maximum atomic E-state index is 13.9. The third-order valence-corrected chi connectivity index (χ3v) is 7.24. The molecule has 2 amide bonds. The summed E-state index contributed by atoms with van der Waals surface area (Å²) in [6, 6.07) is 13.2. The lowest BCUT2D eigenvalue weighted by Gasteiger charge is -2.43. The molecule has 182 valence electrons. The van der Waals surface area contributed by atoms with E-state index >= 15 is 0 Å². The van der Waals surface area contributed by atoms with Gasteiger partial charge in [0, 0.05) is 31.7 Å². The van der Waals surface area contributed by atoms with Gasteiger partial charge < -0.3 is 24.0 Å². The third kappa shape index (κ3) is 4.56. The van der Waals surface area contributed by atoms with Crippen LogP contribution in [0.2, 0.25) is 0 Å². The fourth-order valence-corrected chi connectivity index (χ4v) is 5.26. The Morgan fingerprint density at radius 2 is 1.35 bits per heavy atom. The van der Waals surface area contributed by atoms with E-state index in [1.807, 2.05) is 34.1 Å². The van der Waals surface area contributed by atoms with Crippen LogP contribution in [-0.4, -0.2) is 69.1 Å². The normalized spacial score (nSPS) is 17.7. The van der Waals surface area contributed by atoms with Gasteiger partial charge in [0.05, 0.1) is 26.7 Å². The van der Waals surface area contributed by atoms with Crippen LogP contribution in [0.25, 0.3) is 0 Å². The Balaban J connectivity index is 1.47. The Morgan fingerprint density at radius 3 is 1.94 bits per heavy atom. The van der Waals surface area contributed by atoms with Crippen molar-refractivity contribution in [3.05, 3.63) is 53.6 Å². The number of carbonyl (C=O) groups excluding carboxylic acids is 2. The predicted octanol–water partition coefficient (Wildman–Crippen LogP) is 3.90. The van der Waals surface area contributed by atoms with Gasteiger partial charge in [0.1, 0.15) is 5.75 Å². The second-order valence-electron chi connectivity index (χ2n) is 9.03. The number of carbonyl (C=O) groups is 2. The van der Waals surface area contributed by atoms with Crippen LogP contribution in [0, 0.1) is 0 Å². The van der Waals surface area contributed by atoms with Gasteiger partial charge in [-0.3, -0.25) is 9.59 Å². The molecule has 2 aromatic carbocycles. The minimum Gasteiger partial charge on any atom is -0.497 e. The van der Waals surface area contributed by atoms with Crippen molar-refractivity contribution < 1.29 is 23.8 Å². The maximum absolute atomic E-state index is 13.9. The molecular formula is C27H34N2O5. The first-order chi connectivity index (χ1) is 16.5. The van der Waals surface area contributed by atoms with E-state index < -0.39 is 5.41 Å². The summed E-state index contributed by atoms with van der Waals surface area (Å²) in [5.41, 5.74) is 1.14. The van der Waals surface area contributed by atoms with Crippen LogP contribution in [0.1, 0.15) is 48.0 Å². The summed E-state index contributed by atoms with van der Waals surface area (Å²) < 4.78 is 15.9. The van der Waals surface area contributed by atoms with Crippen molar-refractivity contribution in [3.8, 4) is 17.2 Å². The summed E-state index contributed by atoms with van der Waals surface area (Å²) in [5, 5.41) is 0. The zero-order valence-electron chi connectivity index (χ0n) is 20.3. The molecule has 0 bridgehead atoms. The lowest BCUT2D eigenvalue weighted by atomic mass is 9.68. The molecule has 0 atom stereocenters. The minimum atomic E-state index is -0.486. The van der Waals surface area contributed by atoms with Crippen LogP contribution < -0.4 is 14.2 Å². The standard InChI is InChI=1S/C27H34N2O5/c1-32-22-10-8-21(9-11-22)27(13-5-4-6-14-27)26(31)29-17-15-28(16-18-29)25(30)20-7-12-23(33-2)24(19-20)34-3/h7-12,19H,4-6,13-18H2,1-3H3. The molecule has 0 N–H and O–H groups in total. The molecule has 7 heteroatoms. The summed E-state index contributed by atoms with van der Waals surface area (Å²) in [5.74, 6) is 2.04. The lowest BCUT2D eigenvalue weighted by Crippen LogP contribution is -2.56. The first-order valence-corrected chi connectivity index (χ1v) is 12.0. The van der Waals surface area contributed by atoms with Crippen molar-refractivity contribution in [2.24, 2.45) is 0 Å². The molecule has 2 fully saturated rings. The highest BCUT2D eigenvalue weighted by molar-refractivity contribution is 5.95. The second kappa shape index (κ2) is 10.4. The number of benzene rings is 2. The minimum absolute atomic E-state index is 0.0596. The van der Waals surface area contributed by atoms with Crippen LogP contribution in [0.15, 0.2) is 42.5 Å². The number of methoxy groups -OCH3 is 3. The molecule has 2 aliphatic rings. The largest absolute Gasteiger partial charge is 0.497 e. The molecule has 1 aliphatic carbocycles. The number of amides is 2. The number of hydrogen-bond acceptors (Lipinski definition) is 5. The lowest BCUT2D eigenvalue weighted by molar-refractivity contribution is -0.140. The number of nitrogens with zero attached hydrogens (tertiary/aromatic N) is 2. The van der Waals surface area contributed by atoms with Crippen LogP contribution >= 0.6 is 0 Å². The molecule has 1 saturated carbocycles. The van der Waals surface area contributed by atoms with Crippen molar-refractivity contribution in [3.63, 3.8) is 0 Å². The number of piperazine rings is 1. The van der Waals surface area contributed by atoms with Crippen molar-refractivity contribution in [2.45, 2.75) is 37.5 Å². The monoisotopic (exact) mass is 466 g/mol. The highest BCUT2D eigenvalue weighted by Gasteiger charge is 2.44. The molecule has 34 heavy (non-hydrogen) atoms. The summed E-state index contributed by atoms with van der Waals surface area (Å²) in [6.07, 6.45) is 5.00. The van der Waals surface area contributed by atoms with Crippen LogP contribution in [-0.2, 0) is 10.2 Å². The molecule has 0 radical (unpaired) electrons. The van der Waals surface area contributed by atoms with E-state index in [0.717, 1.165) is 37.0 Å². The second-order valence-corrected chi connectivity index (χ2v) is 9.03. The first kappa shape index (κ1) is 23.9. The van der Waals surface area contributed by atoms with Crippen molar-refractivity contribution >= 4 is 11.8 Å². The van der Waals surface area contributed by atoms with Gasteiger partial charge in [-0.2, -0.15) is 0 Å². The van der Waals surface area contributed by atoms with E-state index in [4.69, 9.17) is 14.2 Å². The van der Waals surface area contributed by atoms with Crippen molar-refractivity contribution in [1.29, 1.82) is 0 Å². The van der Waals surface area contributed by atoms with E-state index in [1.165, 1.54) is 6.42 Å². The van der Waals surface area contributed by atoms with E-state index in [0.29, 0.717) is 43.2 Å². The van der Waals surface area contributed by atoms with E-state index in [2.05, 4.69) is 0 Å². The average Bonchev–Trinajstić information content (AvgIpc) is 2.92. The van der Waals surface area contributed by atoms with Gasteiger partial charge in [0.2, 0.25) is 5.91 Å². The molecule has 4 rings (SSSR count). The summed E-state index contributed by atoms with van der Waals surface area (Å²) >= 11 is 0. The Bertz CT molecular complexity index is 1010. The van der Waals surface area contributed by atoms with Gasteiger partial charge in [0.15, 0.2) is 11.5 Å². The zero-order chi connectivity index (χ0) is 24.1. The van der Waals surface area contributed by atoms with E-state index in [1.54, 1.807) is 39.5 Å². The Kier molecular flexibility index (Phi) is 7.29. The van der Waals surface area contributed by atoms with Gasteiger partial charge in [-0.25, -0.2) is 0 Å². The van der Waals surface area contributed by atoms with Crippen LogP contribution in [0.3, 0.4) is 0 Å². The van der Waals surface area contributed by atoms with E-state index in [9.17, 15) is 9.59 Å². The zero-order valence-corrected chi connectivity index (χ0v) is 20.3. The van der Waals surface area contributed by atoms with Crippen molar-refractivity contribution in [2.75, 3.05) is 47.5 Å². The number of rotatable bonds is 6. The van der Waals surface area contributed by atoms with Gasteiger partial charge in [-0.05, 0) is 48.7 Å². The maximum Gasteiger partial charge on any atom is 0.254 e. The van der Waals surface area contributed by atoms with Gasteiger partial charge >= 0.3 is 0 Å². The SMILES string of the molecule is COc1ccc(C2(C(=O)N3CCN(C(=O)c4ccc(OC)c(OC)c4)CC3)CCCCC2)cc1. The molecule has 7 nitrogen and oxygen atoms in total. The fourth-order valence-electron chi connectivity index (χ4n) is 5.26. The van der Waals surface area contributed by atoms with Gasteiger partial charge in [0.25, 0.3) is 5.91 Å². The third-order valence-electron chi connectivity index (χ3n) is 7.24. The van der Waals surface area contributed by atoms with Crippen molar-refractivity contribution in [1.82, 2.24) is 9.80 Å². The quantitative estimate of drug-likeness (QED) is 0.646. The highest BCUT2D eigenvalue weighted by atomic mass is 16.5. The molecular weight excluding hydrogens is 432 g/mol. The summed E-state index contributed by atoms with van der Waals surface area (Å²) in [4.78, 5) is 30.8. The topological polar surface area (TPSA) is 68.3 Å². The molecule has 1 heterocycles. The van der Waals surface area contributed by atoms with Gasteiger partial charge in [-0.1, -0.05) is 31.4 Å². The number of ether oxygens (including phenoxy) is 3. The summed E-state index contributed by atoms with van der Waals surface area (Å²) in [7, 11) is 4.78.